The molecule has 0 saturated heterocycles. The zero-order valence-corrected chi connectivity index (χ0v) is 20.6. The molecule has 0 aliphatic carbocycles. The third-order valence-corrected chi connectivity index (χ3v) is 5.98. The number of fused-ring (bicyclic) bond motifs is 1. The van der Waals surface area contributed by atoms with Gasteiger partial charge in [0.2, 0.25) is 5.82 Å². The van der Waals surface area contributed by atoms with Crippen LogP contribution >= 0.6 is 0 Å². The molecule has 0 radical (unpaired) electrons. The molecule has 0 spiro atoms. The van der Waals surface area contributed by atoms with Crippen molar-refractivity contribution < 1.29 is 19.4 Å². The monoisotopic (exact) mass is 497 g/mol. The molecule has 0 aliphatic heterocycles. The van der Waals surface area contributed by atoms with E-state index in [-0.39, 0.29) is 0 Å². The molecular weight excluding hydrogens is 470 g/mol. The predicted octanol–water partition coefficient (Wildman–Crippen LogP) is 5.00. The van der Waals surface area contributed by atoms with Gasteiger partial charge in [-0.25, -0.2) is 4.79 Å². The first-order chi connectivity index (χ1) is 17.9. The average Bonchev–Trinajstić information content (AvgIpc) is 3.56. The standard InChI is InChI=1S/C28H27N5O4/c1-28(2,27(34)35)37-25-11-6-10-24-23(25)16-18-32(24)17-7-19-36-22-14-12-20(13-15-22)26-29-31-33(30-26)21-8-4-3-5-9-21/h3-6,8-16,18H,7,17,19H2,1-2H3,(H,34,35). The van der Waals surface area contributed by atoms with Crippen LogP contribution in [0.15, 0.2) is 85.1 Å². The summed E-state index contributed by atoms with van der Waals surface area (Å²) < 4.78 is 13.8. The summed E-state index contributed by atoms with van der Waals surface area (Å²) in [6.45, 7) is 4.38. The van der Waals surface area contributed by atoms with E-state index in [0.29, 0.717) is 18.2 Å². The van der Waals surface area contributed by atoms with Crippen LogP contribution < -0.4 is 9.47 Å². The van der Waals surface area contributed by atoms with Crippen LogP contribution in [0, 0.1) is 0 Å². The first kappa shape index (κ1) is 24.1. The van der Waals surface area contributed by atoms with Crippen molar-refractivity contribution in [1.29, 1.82) is 0 Å². The fourth-order valence-electron chi connectivity index (χ4n) is 3.92. The molecule has 2 heterocycles. The van der Waals surface area contributed by atoms with Crippen LogP contribution in [0.1, 0.15) is 20.3 Å². The number of carboxylic acids is 1. The lowest BCUT2D eigenvalue weighted by Gasteiger charge is -2.22. The molecule has 9 nitrogen and oxygen atoms in total. The number of aromatic nitrogens is 5. The lowest BCUT2D eigenvalue weighted by molar-refractivity contribution is -0.152. The zero-order valence-electron chi connectivity index (χ0n) is 20.6. The SMILES string of the molecule is CC(C)(Oc1cccc2c1ccn2CCCOc1ccc(-c2nnn(-c3ccccc3)n2)cc1)C(=O)O. The molecule has 1 N–H and O–H groups in total. The lowest BCUT2D eigenvalue weighted by Crippen LogP contribution is -2.37. The summed E-state index contributed by atoms with van der Waals surface area (Å²) in [5.74, 6) is 0.857. The van der Waals surface area contributed by atoms with Crippen molar-refractivity contribution in [3.05, 3.63) is 85.1 Å². The first-order valence-electron chi connectivity index (χ1n) is 12.0. The maximum absolute atomic E-state index is 11.4. The van der Waals surface area contributed by atoms with Crippen molar-refractivity contribution in [2.75, 3.05) is 6.61 Å². The number of nitrogens with zero attached hydrogens (tertiary/aromatic N) is 5. The quantitative estimate of drug-likeness (QED) is 0.271. The molecule has 0 bridgehead atoms. The van der Waals surface area contributed by atoms with Gasteiger partial charge >= 0.3 is 5.97 Å². The Bertz CT molecular complexity index is 1510. The number of carbonyl (C=O) groups is 1. The highest BCUT2D eigenvalue weighted by Gasteiger charge is 2.30. The van der Waals surface area contributed by atoms with Gasteiger partial charge in [-0.3, -0.25) is 0 Å². The van der Waals surface area contributed by atoms with Gasteiger partial charge in [0.25, 0.3) is 0 Å². The number of rotatable bonds is 10. The molecular formula is C28H27N5O4. The van der Waals surface area contributed by atoms with Gasteiger partial charge in [-0.15, -0.1) is 15.0 Å². The van der Waals surface area contributed by atoms with Crippen LogP contribution in [0.5, 0.6) is 11.5 Å². The van der Waals surface area contributed by atoms with Crippen molar-refractivity contribution in [2.24, 2.45) is 0 Å². The predicted molar refractivity (Wildman–Crippen MR) is 139 cm³/mol. The highest BCUT2D eigenvalue weighted by molar-refractivity contribution is 5.87. The molecule has 0 saturated carbocycles. The van der Waals surface area contributed by atoms with E-state index in [1.807, 2.05) is 79.0 Å². The fraction of sp³-hybridized carbons (Fsp3) is 0.214. The Labute approximate surface area is 213 Å². The Balaban J connectivity index is 1.17. The number of aliphatic carboxylic acids is 1. The number of ether oxygens (including phenoxy) is 2. The Hall–Kier alpha value is -4.66. The van der Waals surface area contributed by atoms with Crippen molar-refractivity contribution in [3.8, 4) is 28.6 Å². The van der Waals surface area contributed by atoms with Gasteiger partial charge in [0.1, 0.15) is 11.5 Å². The fourth-order valence-corrected chi connectivity index (χ4v) is 3.92. The van der Waals surface area contributed by atoms with Crippen LogP contribution in [0.25, 0.3) is 28.0 Å². The molecule has 2 aromatic heterocycles. The Morgan fingerprint density at radius 2 is 1.76 bits per heavy atom. The molecule has 37 heavy (non-hydrogen) atoms. The van der Waals surface area contributed by atoms with Crippen LogP contribution in [-0.4, -0.2) is 48.1 Å². The highest BCUT2D eigenvalue weighted by atomic mass is 16.5. The van der Waals surface area contributed by atoms with Crippen LogP contribution in [0.4, 0.5) is 0 Å². The molecule has 0 atom stereocenters. The molecule has 0 aliphatic rings. The topological polar surface area (TPSA) is 104 Å². The molecule has 9 heteroatoms. The number of tetrazole rings is 1. The van der Waals surface area contributed by atoms with Crippen molar-refractivity contribution in [3.63, 3.8) is 0 Å². The number of carboxylic acid groups (broad SMARTS) is 1. The summed E-state index contributed by atoms with van der Waals surface area (Å²) in [6.07, 6.45) is 2.78. The van der Waals surface area contributed by atoms with Gasteiger partial charge in [-0.1, -0.05) is 24.3 Å². The summed E-state index contributed by atoms with van der Waals surface area (Å²) in [5.41, 5.74) is 1.38. The Morgan fingerprint density at radius 1 is 0.973 bits per heavy atom. The molecule has 5 aromatic rings. The summed E-state index contributed by atoms with van der Waals surface area (Å²) >= 11 is 0. The van der Waals surface area contributed by atoms with Gasteiger partial charge in [0.05, 0.1) is 17.8 Å². The van der Waals surface area contributed by atoms with Gasteiger partial charge in [0, 0.05) is 23.7 Å². The van der Waals surface area contributed by atoms with Gasteiger partial charge in [0.15, 0.2) is 5.60 Å². The first-order valence-corrected chi connectivity index (χ1v) is 12.0. The molecule has 3 aromatic carbocycles. The zero-order chi connectivity index (χ0) is 25.8. The van der Waals surface area contributed by atoms with Crippen molar-refractivity contribution in [2.45, 2.75) is 32.4 Å². The second-order valence-corrected chi connectivity index (χ2v) is 9.08. The van der Waals surface area contributed by atoms with E-state index < -0.39 is 11.6 Å². The maximum atomic E-state index is 11.4. The minimum Gasteiger partial charge on any atom is -0.494 e. The minimum absolute atomic E-state index is 0.545. The van der Waals surface area contributed by atoms with Gasteiger partial charge in [-0.05, 0) is 80.1 Å². The van der Waals surface area contributed by atoms with E-state index in [9.17, 15) is 9.90 Å². The Morgan fingerprint density at radius 3 is 2.51 bits per heavy atom. The van der Waals surface area contributed by atoms with E-state index in [0.717, 1.165) is 40.9 Å². The maximum Gasteiger partial charge on any atom is 0.347 e. The molecule has 188 valence electrons. The third kappa shape index (κ3) is 5.30. The average molecular weight is 498 g/mol. The van der Waals surface area contributed by atoms with Crippen LogP contribution in [-0.2, 0) is 11.3 Å². The number of benzene rings is 3. The number of hydrogen-bond donors (Lipinski definition) is 1. The molecule has 0 amide bonds. The van der Waals surface area contributed by atoms with E-state index in [1.165, 1.54) is 4.80 Å². The van der Waals surface area contributed by atoms with E-state index >= 15 is 0 Å². The molecule has 0 fully saturated rings. The largest absolute Gasteiger partial charge is 0.494 e. The molecule has 0 unspecified atom stereocenters. The van der Waals surface area contributed by atoms with Crippen molar-refractivity contribution >= 4 is 16.9 Å². The van der Waals surface area contributed by atoms with E-state index in [4.69, 9.17) is 9.47 Å². The number of aryl methyl sites for hydroxylation is 1. The summed E-state index contributed by atoms with van der Waals surface area (Å²) in [5, 5.41) is 23.0. The molecule has 5 rings (SSSR count). The lowest BCUT2D eigenvalue weighted by atomic mass is 10.1. The van der Waals surface area contributed by atoms with Crippen molar-refractivity contribution in [1.82, 2.24) is 24.8 Å². The summed E-state index contributed by atoms with van der Waals surface area (Å²) in [4.78, 5) is 13.0. The van der Waals surface area contributed by atoms with E-state index in [1.54, 1.807) is 19.9 Å². The second kappa shape index (κ2) is 10.1. The highest BCUT2D eigenvalue weighted by Crippen LogP contribution is 2.30. The third-order valence-electron chi connectivity index (χ3n) is 5.98. The van der Waals surface area contributed by atoms with Gasteiger partial charge in [-0.2, -0.15) is 0 Å². The number of hydrogen-bond acceptors (Lipinski definition) is 6. The van der Waals surface area contributed by atoms with Gasteiger partial charge < -0.3 is 19.1 Å². The van der Waals surface area contributed by atoms with Crippen LogP contribution in [0.3, 0.4) is 0 Å². The second-order valence-electron chi connectivity index (χ2n) is 9.08. The van der Waals surface area contributed by atoms with E-state index in [2.05, 4.69) is 20.0 Å². The smallest absolute Gasteiger partial charge is 0.347 e. The minimum atomic E-state index is -1.31. The normalized spacial score (nSPS) is 11.5. The number of para-hydroxylation sites is 1. The summed E-state index contributed by atoms with van der Waals surface area (Å²) in [6, 6.07) is 24.9. The summed E-state index contributed by atoms with van der Waals surface area (Å²) in [7, 11) is 0. The van der Waals surface area contributed by atoms with Crippen LogP contribution in [0.2, 0.25) is 0 Å². The Kier molecular flexibility index (Phi) is 6.59.